The quantitative estimate of drug-likeness (QED) is 0.826. The van der Waals surface area contributed by atoms with Gasteiger partial charge >= 0.3 is 0 Å². The van der Waals surface area contributed by atoms with Gasteiger partial charge in [-0.3, -0.25) is 4.79 Å². The summed E-state index contributed by atoms with van der Waals surface area (Å²) < 4.78 is 38.3. The number of halogens is 1. The number of carbonyl (C=O) groups excluding carboxylic acids is 1. The minimum atomic E-state index is -3.15. The Morgan fingerprint density at radius 3 is 2.56 bits per heavy atom. The summed E-state index contributed by atoms with van der Waals surface area (Å²) in [6, 6.07) is 1.57. The van der Waals surface area contributed by atoms with Gasteiger partial charge in [0.1, 0.15) is 11.3 Å². The van der Waals surface area contributed by atoms with Crippen LogP contribution in [0.3, 0.4) is 0 Å². The number of piperidine rings is 1. The van der Waals surface area contributed by atoms with Crippen molar-refractivity contribution >= 4 is 27.3 Å². The molecule has 0 aromatic carbocycles. The molecule has 2 aromatic rings. The van der Waals surface area contributed by atoms with Gasteiger partial charge in [0.05, 0.1) is 19.0 Å². The molecule has 148 valence electrons. The molecule has 3 heterocycles. The first-order valence-electron chi connectivity index (χ1n) is 9.02. The Balaban J connectivity index is 0.000000168. The average molecular weight is 397 g/mol. The van der Waals surface area contributed by atoms with E-state index in [1.165, 1.54) is 23.3 Å². The highest BCUT2D eigenvalue weighted by molar-refractivity contribution is 7.88. The fourth-order valence-corrected chi connectivity index (χ4v) is 4.43. The Hall–Kier alpha value is -2.07. The molecule has 0 atom stereocenters. The van der Waals surface area contributed by atoms with Crippen LogP contribution < -0.4 is 5.73 Å². The van der Waals surface area contributed by atoms with Crippen molar-refractivity contribution in [3.05, 3.63) is 23.8 Å². The fourth-order valence-electron chi connectivity index (χ4n) is 3.59. The molecule has 0 unspecified atom stereocenters. The number of hydrogen-bond acceptors (Lipinski definition) is 6. The summed E-state index contributed by atoms with van der Waals surface area (Å²) in [6.07, 6.45) is 8.38. The highest BCUT2D eigenvalue weighted by Gasteiger charge is 2.24. The molecule has 4 rings (SSSR count). The van der Waals surface area contributed by atoms with Crippen molar-refractivity contribution in [3.8, 4) is 0 Å². The number of Topliss-reactive ketones (excluding diaryl/α,β-unsaturated/α-hetero) is 1. The minimum Gasteiger partial charge on any atom is -0.367 e. The maximum absolute atomic E-state index is 13.7. The molecule has 2 aliphatic rings. The number of sulfonamides is 1. The number of hydrogen-bond donors (Lipinski definition) is 1. The van der Waals surface area contributed by atoms with Gasteiger partial charge in [0.25, 0.3) is 0 Å². The zero-order valence-corrected chi connectivity index (χ0v) is 16.1. The van der Waals surface area contributed by atoms with Crippen molar-refractivity contribution in [2.75, 3.05) is 25.1 Å². The molecule has 0 spiro atoms. The fraction of sp³-hybridized carbons (Fsp3) is 0.588. The molecule has 1 aliphatic heterocycles. The van der Waals surface area contributed by atoms with Crippen LogP contribution in [0.15, 0.2) is 12.3 Å². The smallest absolute Gasteiger partial charge is 0.238 e. The first-order chi connectivity index (χ1) is 12.8. The molecule has 10 heteroatoms. The van der Waals surface area contributed by atoms with Crippen molar-refractivity contribution < 1.29 is 17.6 Å². The van der Waals surface area contributed by atoms with Crippen molar-refractivity contribution in [1.82, 2.24) is 18.9 Å². The second kappa shape index (κ2) is 7.89. The summed E-state index contributed by atoms with van der Waals surface area (Å²) >= 11 is 0. The van der Waals surface area contributed by atoms with Crippen LogP contribution in [0.4, 0.5) is 10.3 Å². The maximum Gasteiger partial charge on any atom is 0.238 e. The number of nitrogens with two attached hydrogens (primary N) is 1. The van der Waals surface area contributed by atoms with E-state index in [0.717, 1.165) is 24.8 Å². The Morgan fingerprint density at radius 1 is 1.26 bits per heavy atom. The predicted molar refractivity (Wildman–Crippen MR) is 99.2 cm³/mol. The van der Waals surface area contributed by atoms with E-state index in [-0.39, 0.29) is 24.1 Å². The van der Waals surface area contributed by atoms with Gasteiger partial charge in [0.2, 0.25) is 16.0 Å². The Bertz CT molecular complexity index is 937. The number of nitrogen functional groups attached to an aromatic ring is 1. The summed E-state index contributed by atoms with van der Waals surface area (Å²) in [5.74, 6) is 0.345. The lowest BCUT2D eigenvalue weighted by Gasteiger charge is -2.22. The molecule has 0 amide bonds. The van der Waals surface area contributed by atoms with Gasteiger partial charge in [-0.25, -0.2) is 22.3 Å². The second-order valence-electron chi connectivity index (χ2n) is 7.05. The predicted octanol–water partition coefficient (Wildman–Crippen LogP) is 1.72. The topological polar surface area (TPSA) is 111 Å². The van der Waals surface area contributed by atoms with Gasteiger partial charge in [0, 0.05) is 24.6 Å². The van der Waals surface area contributed by atoms with E-state index in [9.17, 15) is 17.6 Å². The normalized spacial score (nSPS) is 19.3. The number of carbonyl (C=O) groups is 1. The van der Waals surface area contributed by atoms with Crippen molar-refractivity contribution in [2.45, 2.75) is 44.4 Å². The van der Waals surface area contributed by atoms with Crippen molar-refractivity contribution in [3.63, 3.8) is 0 Å². The van der Waals surface area contributed by atoms with Crippen LogP contribution in [0.1, 0.15) is 50.1 Å². The summed E-state index contributed by atoms with van der Waals surface area (Å²) in [5.41, 5.74) is 6.88. The highest BCUT2D eigenvalue weighted by Crippen LogP contribution is 2.35. The Labute approximate surface area is 157 Å². The van der Waals surface area contributed by atoms with Gasteiger partial charge in [0.15, 0.2) is 5.82 Å². The van der Waals surface area contributed by atoms with Crippen LogP contribution >= 0.6 is 0 Å². The molecule has 2 aromatic heterocycles. The largest absolute Gasteiger partial charge is 0.367 e. The molecule has 2 N–H and O–H groups in total. The first kappa shape index (κ1) is 19.7. The van der Waals surface area contributed by atoms with Crippen LogP contribution in [0.2, 0.25) is 0 Å². The lowest BCUT2D eigenvalue weighted by Crippen LogP contribution is -2.39. The number of aromatic nitrogens is 3. The number of anilines is 1. The van der Waals surface area contributed by atoms with E-state index >= 15 is 0 Å². The molecule has 0 radical (unpaired) electrons. The van der Waals surface area contributed by atoms with E-state index in [2.05, 4.69) is 10.1 Å². The second-order valence-corrected chi connectivity index (χ2v) is 9.03. The molecular weight excluding hydrogens is 373 g/mol. The number of ketones is 1. The van der Waals surface area contributed by atoms with Crippen LogP contribution in [0.25, 0.3) is 5.52 Å². The molecule has 1 saturated heterocycles. The third-order valence-corrected chi connectivity index (χ3v) is 6.22. The van der Waals surface area contributed by atoms with Gasteiger partial charge in [-0.1, -0.05) is 12.8 Å². The number of fused-ring (bicyclic) bond motifs is 1. The zero-order valence-electron chi connectivity index (χ0n) is 15.3. The minimum absolute atomic E-state index is 0.0154. The molecule has 27 heavy (non-hydrogen) atoms. The molecule has 0 bridgehead atoms. The van der Waals surface area contributed by atoms with Crippen LogP contribution in [-0.4, -0.2) is 52.4 Å². The lowest BCUT2D eigenvalue weighted by atomic mass is 10.1. The van der Waals surface area contributed by atoms with E-state index in [4.69, 9.17) is 5.73 Å². The van der Waals surface area contributed by atoms with E-state index in [1.807, 2.05) is 0 Å². The van der Waals surface area contributed by atoms with E-state index in [0.29, 0.717) is 30.8 Å². The Morgan fingerprint density at radius 2 is 1.96 bits per heavy atom. The van der Waals surface area contributed by atoms with E-state index in [1.54, 1.807) is 10.6 Å². The molecule has 8 nitrogen and oxygen atoms in total. The molecular formula is C17H24FN5O3S. The van der Waals surface area contributed by atoms with Crippen molar-refractivity contribution in [2.24, 2.45) is 0 Å². The molecule has 1 aliphatic carbocycles. The number of rotatable bonds is 2. The lowest BCUT2D eigenvalue weighted by molar-refractivity contribution is -0.120. The highest BCUT2D eigenvalue weighted by atomic mass is 32.2. The van der Waals surface area contributed by atoms with Gasteiger partial charge in [-0.15, -0.1) is 5.10 Å². The van der Waals surface area contributed by atoms with Gasteiger partial charge in [-0.05, 0) is 25.3 Å². The van der Waals surface area contributed by atoms with Gasteiger partial charge in [-0.2, -0.15) is 4.31 Å². The monoisotopic (exact) mass is 397 g/mol. The summed E-state index contributed by atoms with van der Waals surface area (Å²) in [4.78, 5) is 14.6. The standard InChI is InChI=1S/C11H13FN4.C6H11NO3S/c12-8-5-9(7-3-1-2-4-7)16-10(8)6-14-11(13)15-16;1-11(9,10)7-4-2-3-6(8)5-7/h5-7H,1-4H2,(H2,13,15);2-5H2,1H3. The van der Waals surface area contributed by atoms with Gasteiger partial charge < -0.3 is 5.73 Å². The third kappa shape index (κ3) is 4.62. The summed E-state index contributed by atoms with van der Waals surface area (Å²) in [6.45, 7) is 0.559. The Kier molecular flexibility index (Phi) is 5.75. The van der Waals surface area contributed by atoms with Crippen LogP contribution in [0, 0.1) is 5.82 Å². The summed E-state index contributed by atoms with van der Waals surface area (Å²) in [7, 11) is -3.15. The SMILES string of the molecule is CS(=O)(=O)N1CCCC(=O)C1.Nc1ncc2c(F)cc(C3CCCC3)n2n1. The molecule has 1 saturated carbocycles. The summed E-state index contributed by atoms with van der Waals surface area (Å²) in [5, 5.41) is 4.08. The van der Waals surface area contributed by atoms with Crippen molar-refractivity contribution in [1.29, 1.82) is 0 Å². The molecule has 2 fully saturated rings. The van der Waals surface area contributed by atoms with Crippen LogP contribution in [-0.2, 0) is 14.8 Å². The van der Waals surface area contributed by atoms with Crippen LogP contribution in [0.5, 0.6) is 0 Å². The zero-order chi connectivity index (χ0) is 19.6. The third-order valence-electron chi connectivity index (χ3n) is 4.97. The number of nitrogens with zero attached hydrogens (tertiary/aromatic N) is 4. The average Bonchev–Trinajstić information content (AvgIpc) is 3.23. The maximum atomic E-state index is 13.7. The van der Waals surface area contributed by atoms with E-state index < -0.39 is 10.0 Å². The first-order valence-corrected chi connectivity index (χ1v) is 10.9.